The minimum absolute atomic E-state index is 0.0731. The van der Waals surface area contributed by atoms with Crippen molar-refractivity contribution in [2.45, 2.75) is 26.4 Å². The Morgan fingerprint density at radius 1 is 1.12 bits per heavy atom. The molecule has 0 fully saturated rings. The van der Waals surface area contributed by atoms with E-state index >= 15 is 4.39 Å². The molecule has 1 aliphatic carbocycles. The second kappa shape index (κ2) is 16.7. The Hall–Kier alpha value is -4.31. The van der Waals surface area contributed by atoms with Gasteiger partial charge < -0.3 is 25.9 Å². The highest BCUT2D eigenvalue weighted by Crippen LogP contribution is 2.29. The Labute approximate surface area is 242 Å². The zero-order chi connectivity index (χ0) is 30.4. The Morgan fingerprint density at radius 2 is 1.85 bits per heavy atom. The summed E-state index contributed by atoms with van der Waals surface area (Å²) in [7, 11) is 4.68. The third-order valence-electron chi connectivity index (χ3n) is 6.23. The third-order valence-corrected chi connectivity index (χ3v) is 6.23. The average Bonchev–Trinajstić information content (AvgIpc) is 3.18. The number of amides is 1. The number of benzene rings is 2. The molecule has 0 heterocycles. The van der Waals surface area contributed by atoms with E-state index in [1.165, 1.54) is 26.3 Å². The van der Waals surface area contributed by atoms with Gasteiger partial charge in [0.15, 0.2) is 0 Å². The Balaban J connectivity index is 0.00000287. The summed E-state index contributed by atoms with van der Waals surface area (Å²) in [4.78, 5) is 17.1. The summed E-state index contributed by atoms with van der Waals surface area (Å²) in [5.74, 6) is 4.40. The lowest BCUT2D eigenvalue weighted by Crippen LogP contribution is -2.29. The van der Waals surface area contributed by atoms with Crippen LogP contribution in [0.15, 0.2) is 107 Å². The maximum Gasteiger partial charge on any atom is 0.254 e. The fourth-order valence-corrected chi connectivity index (χ4v) is 4.11. The van der Waals surface area contributed by atoms with Crippen LogP contribution in [-0.4, -0.2) is 39.6 Å². The lowest BCUT2D eigenvalue weighted by Gasteiger charge is -2.15. The van der Waals surface area contributed by atoms with Crippen molar-refractivity contribution >= 4 is 11.8 Å². The molecule has 0 bridgehead atoms. The molecule has 0 aliphatic heterocycles. The molecular weight excluding hydrogens is 521 g/mol. The van der Waals surface area contributed by atoms with Crippen molar-refractivity contribution in [3.8, 4) is 11.1 Å². The van der Waals surface area contributed by atoms with Crippen LogP contribution >= 0.6 is 0 Å². The molecule has 2 aromatic rings. The predicted octanol–water partition coefficient (Wildman–Crippen LogP) is 4.88. The number of carbonyl (C=O) groups is 1. The van der Waals surface area contributed by atoms with Crippen LogP contribution in [0.2, 0.25) is 0 Å². The summed E-state index contributed by atoms with van der Waals surface area (Å²) in [6, 6.07) is 14.1. The average molecular weight is 562 g/mol. The monoisotopic (exact) mass is 561 g/mol. The van der Waals surface area contributed by atoms with Gasteiger partial charge in [0.2, 0.25) is 5.90 Å². The maximum absolute atomic E-state index is 15.0. The van der Waals surface area contributed by atoms with Crippen LogP contribution in [0.4, 0.5) is 4.39 Å². The molecule has 0 radical (unpaired) electrons. The fraction of sp³-hybridized carbons (Fsp3) is 0.250. The molecule has 3 rings (SSSR count). The third kappa shape index (κ3) is 9.11. The number of carbonyl (C=O) groups excluding carboxylic acids is 1. The van der Waals surface area contributed by atoms with Crippen molar-refractivity contribution in [1.82, 2.24) is 10.7 Å². The van der Waals surface area contributed by atoms with Crippen molar-refractivity contribution in [3.63, 3.8) is 0 Å². The fourth-order valence-electron chi connectivity index (χ4n) is 4.11. The highest BCUT2D eigenvalue weighted by molar-refractivity contribution is 5.97. The van der Waals surface area contributed by atoms with E-state index in [0.29, 0.717) is 42.3 Å². The summed E-state index contributed by atoms with van der Waals surface area (Å²) >= 11 is 0. The summed E-state index contributed by atoms with van der Waals surface area (Å²) < 4.78 is 26.1. The Morgan fingerprint density at radius 3 is 2.51 bits per heavy atom. The first kappa shape index (κ1) is 32.9. The van der Waals surface area contributed by atoms with E-state index in [9.17, 15) is 4.79 Å². The second-order valence-corrected chi connectivity index (χ2v) is 8.98. The van der Waals surface area contributed by atoms with Crippen molar-refractivity contribution in [3.05, 3.63) is 119 Å². The molecule has 9 heteroatoms. The van der Waals surface area contributed by atoms with E-state index in [1.54, 1.807) is 13.2 Å². The van der Waals surface area contributed by atoms with Crippen LogP contribution < -0.4 is 22.3 Å². The molecule has 2 aromatic carbocycles. The number of ether oxygens (including phenoxy) is 2. The molecule has 8 nitrogen and oxygen atoms in total. The molecule has 0 spiro atoms. The van der Waals surface area contributed by atoms with Gasteiger partial charge in [0.05, 0.1) is 25.0 Å². The van der Waals surface area contributed by atoms with Gasteiger partial charge in [0.1, 0.15) is 5.83 Å². The normalized spacial score (nSPS) is 13.0. The van der Waals surface area contributed by atoms with E-state index < -0.39 is 11.7 Å². The number of aryl methyl sites for hydroxylation is 1. The van der Waals surface area contributed by atoms with Gasteiger partial charge >= 0.3 is 0 Å². The lowest BCUT2D eigenvalue weighted by atomic mass is 9.94. The van der Waals surface area contributed by atoms with E-state index in [4.69, 9.17) is 15.3 Å². The van der Waals surface area contributed by atoms with Gasteiger partial charge in [-0.25, -0.2) is 9.38 Å². The number of hydrazine groups is 1. The number of nitrogens with two attached hydrogens (primary N) is 2. The van der Waals surface area contributed by atoms with Crippen molar-refractivity contribution in [1.29, 1.82) is 0 Å². The van der Waals surface area contributed by atoms with E-state index in [0.717, 1.165) is 27.8 Å². The number of methoxy groups -OCH3 is 2. The quantitative estimate of drug-likeness (QED) is 0.134. The van der Waals surface area contributed by atoms with Gasteiger partial charge in [-0.05, 0) is 66.4 Å². The van der Waals surface area contributed by atoms with E-state index in [-0.39, 0.29) is 12.1 Å². The standard InChI is InChI=1S/C31H35FN4O3.CH5N/c1-20-9-6-7-11-26(20)27-14-13-24(17-25(27)19-38-4)31(39-5)35-22(3)23-10-8-12-28(29(32)18-23)30(37)34-16-15-21(2)36-33;1-2/h6-9,11-14,17-18,36H,2-3,10,15-16,19,33H2,1,4-5H3,(H,34,37);2H2,1H3. The second-order valence-electron chi connectivity index (χ2n) is 8.98. The van der Waals surface area contributed by atoms with Crippen LogP contribution in [0.3, 0.4) is 0 Å². The maximum atomic E-state index is 15.0. The minimum Gasteiger partial charge on any atom is -0.481 e. The lowest BCUT2D eigenvalue weighted by molar-refractivity contribution is -0.117. The molecule has 218 valence electrons. The van der Waals surface area contributed by atoms with Gasteiger partial charge in [-0.1, -0.05) is 55.6 Å². The number of hydrogen-bond donors (Lipinski definition) is 4. The summed E-state index contributed by atoms with van der Waals surface area (Å²) in [6.45, 7) is 10.5. The molecule has 1 aliphatic rings. The minimum atomic E-state index is -0.674. The SMILES string of the molecule is C=C(CCNC(=O)C1=C(F)C=C(C(=C)N=C(OC)c2ccc(-c3ccccc3C)c(COC)c2)CC=C1)NN.CN. The molecule has 6 N–H and O–H groups in total. The Kier molecular flexibility index (Phi) is 13.4. The number of nitrogens with zero attached hydrogens (tertiary/aromatic N) is 1. The first-order valence-corrected chi connectivity index (χ1v) is 13.1. The number of halogens is 1. The Bertz CT molecular complexity index is 1380. The molecule has 41 heavy (non-hydrogen) atoms. The van der Waals surface area contributed by atoms with Crippen LogP contribution in [0.25, 0.3) is 11.1 Å². The van der Waals surface area contributed by atoms with Crippen molar-refractivity contribution < 1.29 is 18.7 Å². The number of rotatable bonds is 11. The van der Waals surface area contributed by atoms with Crippen LogP contribution in [0.1, 0.15) is 29.5 Å². The number of hydrogen-bond acceptors (Lipinski definition) is 7. The summed E-state index contributed by atoms with van der Waals surface area (Å²) in [5.41, 5.74) is 13.3. The molecule has 0 unspecified atom stereocenters. The van der Waals surface area contributed by atoms with Crippen LogP contribution in [0.5, 0.6) is 0 Å². The van der Waals surface area contributed by atoms with Gasteiger partial charge in [-0.2, -0.15) is 0 Å². The van der Waals surface area contributed by atoms with Gasteiger partial charge in [0, 0.05) is 31.3 Å². The molecule has 0 atom stereocenters. The molecule has 0 saturated heterocycles. The highest BCUT2D eigenvalue weighted by Gasteiger charge is 2.17. The number of nitrogens with one attached hydrogen (secondary N) is 2. The number of aliphatic imine (C=N–C) groups is 1. The summed E-state index contributed by atoms with van der Waals surface area (Å²) in [5, 5.41) is 2.66. The molecule has 1 amide bonds. The molecular formula is C32H40FN5O3. The predicted molar refractivity (Wildman–Crippen MR) is 164 cm³/mol. The van der Waals surface area contributed by atoms with Gasteiger partial charge in [-0.15, -0.1) is 0 Å². The van der Waals surface area contributed by atoms with Gasteiger partial charge in [0.25, 0.3) is 5.91 Å². The van der Waals surface area contributed by atoms with Crippen LogP contribution in [0, 0.1) is 6.92 Å². The number of allylic oxidation sites excluding steroid dienone is 4. The highest BCUT2D eigenvalue weighted by atomic mass is 19.1. The topological polar surface area (TPSA) is 124 Å². The largest absolute Gasteiger partial charge is 0.481 e. The molecule has 0 aromatic heterocycles. The molecule has 0 saturated carbocycles. The first-order valence-electron chi connectivity index (χ1n) is 13.1. The zero-order valence-corrected chi connectivity index (χ0v) is 24.2. The van der Waals surface area contributed by atoms with Crippen molar-refractivity contribution in [2.24, 2.45) is 16.6 Å². The summed E-state index contributed by atoms with van der Waals surface area (Å²) in [6.07, 6.45) is 5.21. The smallest absolute Gasteiger partial charge is 0.254 e. The zero-order valence-electron chi connectivity index (χ0n) is 24.2. The van der Waals surface area contributed by atoms with E-state index in [2.05, 4.69) is 53.7 Å². The van der Waals surface area contributed by atoms with Gasteiger partial charge in [-0.3, -0.25) is 10.6 Å². The van der Waals surface area contributed by atoms with E-state index in [1.807, 2.05) is 30.3 Å². The van der Waals surface area contributed by atoms with Crippen molar-refractivity contribution in [2.75, 3.05) is 27.8 Å². The first-order chi connectivity index (χ1) is 19.8. The van der Waals surface area contributed by atoms with Crippen LogP contribution in [-0.2, 0) is 20.9 Å².